The summed E-state index contributed by atoms with van der Waals surface area (Å²) in [4.78, 5) is 13.8. The zero-order chi connectivity index (χ0) is 14.3. The van der Waals surface area contributed by atoms with Gasteiger partial charge in [0.25, 0.3) is 0 Å². The van der Waals surface area contributed by atoms with Crippen LogP contribution in [0.3, 0.4) is 0 Å². The van der Waals surface area contributed by atoms with Crippen molar-refractivity contribution in [3.63, 3.8) is 0 Å². The zero-order valence-electron chi connectivity index (χ0n) is 12.4. The highest BCUT2D eigenvalue weighted by Gasteiger charge is 2.30. The Bertz CT molecular complexity index is 330. The van der Waals surface area contributed by atoms with E-state index in [1.54, 1.807) is 0 Å². The normalized spacial score (nSPS) is 15.3. The molecule has 0 aromatic carbocycles. The van der Waals surface area contributed by atoms with Crippen LogP contribution in [0.25, 0.3) is 0 Å². The minimum Gasteiger partial charge on any atom is -0.465 e. The van der Waals surface area contributed by atoms with Crippen LogP contribution in [0.15, 0.2) is 0 Å². The molecule has 0 amide bonds. The van der Waals surface area contributed by atoms with Crippen LogP contribution in [0.4, 0.5) is 0 Å². The second-order valence-corrected chi connectivity index (χ2v) is 5.96. The summed E-state index contributed by atoms with van der Waals surface area (Å²) in [5.41, 5.74) is -0.231. The molecule has 1 aliphatic rings. The van der Waals surface area contributed by atoms with E-state index < -0.39 is 0 Å². The average Bonchev–Trinajstić information content (AvgIpc) is 3.17. The second-order valence-electron chi connectivity index (χ2n) is 5.96. The van der Waals surface area contributed by atoms with Crippen molar-refractivity contribution >= 4 is 5.97 Å². The van der Waals surface area contributed by atoms with E-state index in [2.05, 4.69) is 11.0 Å². The molecule has 0 saturated heterocycles. The molecule has 0 N–H and O–H groups in total. The molecule has 0 atom stereocenters. The molecule has 1 aliphatic carbocycles. The van der Waals surface area contributed by atoms with Gasteiger partial charge in [-0.1, -0.05) is 6.42 Å². The molecular weight excluding hydrogens is 240 g/mol. The Morgan fingerprint density at radius 1 is 1.42 bits per heavy atom. The number of carbonyl (C=O) groups excluding carboxylic acids is 1. The van der Waals surface area contributed by atoms with Crippen LogP contribution in [-0.2, 0) is 9.53 Å². The maximum absolute atomic E-state index is 11.5. The molecular formula is C15H26N2O2. The van der Waals surface area contributed by atoms with E-state index in [1.165, 1.54) is 12.8 Å². The maximum Gasteiger partial charge on any atom is 0.320 e. The number of nitrogens with zero attached hydrogens (tertiary/aromatic N) is 2. The molecule has 0 spiro atoms. The second kappa shape index (κ2) is 7.49. The van der Waals surface area contributed by atoms with Gasteiger partial charge in [0, 0.05) is 6.04 Å². The molecule has 19 heavy (non-hydrogen) atoms. The fourth-order valence-corrected chi connectivity index (χ4v) is 2.14. The van der Waals surface area contributed by atoms with E-state index in [-0.39, 0.29) is 11.4 Å². The van der Waals surface area contributed by atoms with Gasteiger partial charge in [0.2, 0.25) is 0 Å². The molecule has 0 radical (unpaired) electrons. The van der Waals surface area contributed by atoms with Gasteiger partial charge in [-0.15, -0.1) is 0 Å². The summed E-state index contributed by atoms with van der Waals surface area (Å²) in [6, 6.07) is 2.90. The van der Waals surface area contributed by atoms with E-state index in [9.17, 15) is 4.79 Å². The van der Waals surface area contributed by atoms with Crippen molar-refractivity contribution < 1.29 is 9.53 Å². The Labute approximate surface area is 116 Å². The van der Waals surface area contributed by atoms with E-state index in [1.807, 2.05) is 20.8 Å². The van der Waals surface area contributed by atoms with Crippen LogP contribution in [0.1, 0.15) is 52.9 Å². The van der Waals surface area contributed by atoms with Gasteiger partial charge in [-0.25, -0.2) is 0 Å². The molecule has 4 nitrogen and oxygen atoms in total. The summed E-state index contributed by atoms with van der Waals surface area (Å²) in [5.74, 6) is -0.119. The first-order valence-electron chi connectivity index (χ1n) is 7.29. The molecule has 0 unspecified atom stereocenters. The Morgan fingerprint density at radius 2 is 2.11 bits per heavy atom. The van der Waals surface area contributed by atoms with Crippen molar-refractivity contribution in [2.75, 3.05) is 19.7 Å². The van der Waals surface area contributed by atoms with Crippen LogP contribution in [0, 0.1) is 16.7 Å². The number of esters is 1. The van der Waals surface area contributed by atoms with Gasteiger partial charge in [0.05, 0.1) is 24.6 Å². The third kappa shape index (κ3) is 6.58. The molecule has 0 heterocycles. The Kier molecular flexibility index (Phi) is 6.30. The van der Waals surface area contributed by atoms with Gasteiger partial charge >= 0.3 is 5.97 Å². The quantitative estimate of drug-likeness (QED) is 0.475. The number of ether oxygens (including phenoxy) is 1. The average molecular weight is 266 g/mol. The predicted octanol–water partition coefficient (Wildman–Crippen LogP) is 2.73. The molecule has 0 aliphatic heterocycles. The first kappa shape index (κ1) is 16.0. The third-order valence-electron chi connectivity index (χ3n) is 3.50. The van der Waals surface area contributed by atoms with Crippen molar-refractivity contribution in [1.82, 2.24) is 4.90 Å². The lowest BCUT2D eigenvalue weighted by Gasteiger charge is -2.21. The highest BCUT2D eigenvalue weighted by molar-refractivity contribution is 5.71. The van der Waals surface area contributed by atoms with Crippen LogP contribution < -0.4 is 0 Å². The third-order valence-corrected chi connectivity index (χ3v) is 3.50. The lowest BCUT2D eigenvalue weighted by molar-refractivity contribution is -0.144. The molecule has 108 valence electrons. The topological polar surface area (TPSA) is 53.3 Å². The van der Waals surface area contributed by atoms with Crippen molar-refractivity contribution in [3.05, 3.63) is 0 Å². The molecule has 4 heteroatoms. The lowest BCUT2D eigenvalue weighted by Crippen LogP contribution is -2.33. The molecule has 1 saturated carbocycles. The van der Waals surface area contributed by atoms with E-state index in [0.717, 1.165) is 25.8 Å². The molecule has 1 fully saturated rings. The standard InChI is InChI=1S/C15H26N2O2/c1-4-19-14(18)11-17(13-7-8-13)10-6-5-9-15(2,3)12-16/h13H,4-11H2,1-3H3. The number of hydrogen-bond acceptors (Lipinski definition) is 4. The molecule has 0 aromatic rings. The van der Waals surface area contributed by atoms with E-state index in [0.29, 0.717) is 19.2 Å². The van der Waals surface area contributed by atoms with Crippen LogP contribution in [0.2, 0.25) is 0 Å². The van der Waals surface area contributed by atoms with Crippen LogP contribution in [-0.4, -0.2) is 36.6 Å². The molecule has 1 rings (SSSR count). The van der Waals surface area contributed by atoms with E-state index in [4.69, 9.17) is 10.00 Å². The fourth-order valence-electron chi connectivity index (χ4n) is 2.14. The van der Waals surface area contributed by atoms with Crippen molar-refractivity contribution in [1.29, 1.82) is 5.26 Å². The van der Waals surface area contributed by atoms with Gasteiger partial charge < -0.3 is 4.74 Å². The highest BCUT2D eigenvalue weighted by atomic mass is 16.5. The molecule has 0 bridgehead atoms. The summed E-state index contributed by atoms with van der Waals surface area (Å²) in [6.45, 7) is 7.59. The van der Waals surface area contributed by atoms with Crippen molar-refractivity contribution in [2.45, 2.75) is 58.9 Å². The predicted molar refractivity (Wildman–Crippen MR) is 74.5 cm³/mol. The number of hydrogen-bond donors (Lipinski definition) is 0. The summed E-state index contributed by atoms with van der Waals surface area (Å²) >= 11 is 0. The van der Waals surface area contributed by atoms with Crippen LogP contribution in [0.5, 0.6) is 0 Å². The van der Waals surface area contributed by atoms with Crippen LogP contribution >= 0.6 is 0 Å². The minimum atomic E-state index is -0.231. The monoisotopic (exact) mass is 266 g/mol. The SMILES string of the molecule is CCOC(=O)CN(CCCCC(C)(C)C#N)C1CC1. The Morgan fingerprint density at radius 3 is 2.63 bits per heavy atom. The van der Waals surface area contributed by atoms with Crippen molar-refractivity contribution in [3.8, 4) is 6.07 Å². The van der Waals surface area contributed by atoms with Gasteiger partial charge in [-0.3, -0.25) is 9.69 Å². The maximum atomic E-state index is 11.5. The van der Waals surface area contributed by atoms with E-state index >= 15 is 0 Å². The first-order valence-corrected chi connectivity index (χ1v) is 7.29. The largest absolute Gasteiger partial charge is 0.465 e. The fraction of sp³-hybridized carbons (Fsp3) is 0.867. The van der Waals surface area contributed by atoms with Gasteiger partial charge in [0.1, 0.15) is 0 Å². The van der Waals surface area contributed by atoms with Gasteiger partial charge in [-0.2, -0.15) is 5.26 Å². The summed E-state index contributed by atoms with van der Waals surface area (Å²) in [6.07, 6.45) is 5.39. The first-order chi connectivity index (χ1) is 8.98. The van der Waals surface area contributed by atoms with Crippen molar-refractivity contribution in [2.24, 2.45) is 5.41 Å². The summed E-state index contributed by atoms with van der Waals surface area (Å²) < 4.78 is 5.00. The lowest BCUT2D eigenvalue weighted by atomic mass is 9.89. The van der Waals surface area contributed by atoms with Gasteiger partial charge in [-0.05, 0) is 53.0 Å². The zero-order valence-corrected chi connectivity index (χ0v) is 12.4. The van der Waals surface area contributed by atoms with Gasteiger partial charge in [0.15, 0.2) is 0 Å². The number of unbranched alkanes of at least 4 members (excludes halogenated alkanes) is 1. The number of rotatable bonds is 9. The summed E-state index contributed by atoms with van der Waals surface area (Å²) in [7, 11) is 0. The summed E-state index contributed by atoms with van der Waals surface area (Å²) in [5, 5.41) is 8.96. The number of nitriles is 1. The minimum absolute atomic E-state index is 0.119. The molecule has 0 aromatic heterocycles. The number of carbonyl (C=O) groups is 1. The Hall–Kier alpha value is -1.08. The smallest absolute Gasteiger partial charge is 0.320 e. The Balaban J connectivity index is 2.23. The highest BCUT2D eigenvalue weighted by Crippen LogP contribution is 2.28.